The summed E-state index contributed by atoms with van der Waals surface area (Å²) in [5, 5.41) is 9.20. The SMILES string of the molecule is CC1CCC(NS(=O)(=O)c2ccc(O)cc2)C(C)C1. The topological polar surface area (TPSA) is 66.4 Å². The Hall–Kier alpha value is -1.07. The van der Waals surface area contributed by atoms with Crippen LogP contribution in [0.5, 0.6) is 5.75 Å². The van der Waals surface area contributed by atoms with Crippen molar-refractivity contribution in [2.75, 3.05) is 0 Å². The summed E-state index contributed by atoms with van der Waals surface area (Å²) in [5.41, 5.74) is 0. The first-order valence-electron chi connectivity index (χ1n) is 6.70. The zero-order valence-corrected chi connectivity index (χ0v) is 12.2. The molecule has 0 amide bonds. The van der Waals surface area contributed by atoms with Crippen LogP contribution in [0.25, 0.3) is 0 Å². The maximum atomic E-state index is 12.2. The predicted octanol–water partition coefficient (Wildman–Crippen LogP) is 2.50. The molecule has 1 aromatic rings. The number of phenols is 1. The van der Waals surface area contributed by atoms with Gasteiger partial charge in [-0.3, -0.25) is 0 Å². The third kappa shape index (κ3) is 3.48. The minimum atomic E-state index is -3.49. The monoisotopic (exact) mass is 283 g/mol. The Labute approximate surface area is 114 Å². The molecule has 1 saturated carbocycles. The first kappa shape index (κ1) is 14.3. The Kier molecular flexibility index (Phi) is 4.16. The minimum absolute atomic E-state index is 0.00926. The van der Waals surface area contributed by atoms with Gasteiger partial charge in [-0.05, 0) is 55.4 Å². The molecule has 19 heavy (non-hydrogen) atoms. The molecule has 1 aliphatic rings. The molecule has 5 heteroatoms. The number of hydrogen-bond acceptors (Lipinski definition) is 3. The smallest absolute Gasteiger partial charge is 0.240 e. The van der Waals surface area contributed by atoms with E-state index in [1.165, 1.54) is 24.3 Å². The van der Waals surface area contributed by atoms with Gasteiger partial charge in [0.05, 0.1) is 4.90 Å². The van der Waals surface area contributed by atoms with Gasteiger partial charge in [-0.25, -0.2) is 13.1 Å². The highest BCUT2D eigenvalue weighted by Gasteiger charge is 2.29. The summed E-state index contributed by atoms with van der Waals surface area (Å²) in [6.45, 7) is 4.31. The van der Waals surface area contributed by atoms with Crippen molar-refractivity contribution < 1.29 is 13.5 Å². The van der Waals surface area contributed by atoms with Gasteiger partial charge in [0.25, 0.3) is 0 Å². The van der Waals surface area contributed by atoms with Crippen LogP contribution in [0.2, 0.25) is 0 Å². The molecule has 0 heterocycles. The molecule has 4 nitrogen and oxygen atoms in total. The molecule has 1 fully saturated rings. The van der Waals surface area contributed by atoms with Gasteiger partial charge in [0.2, 0.25) is 10.0 Å². The zero-order chi connectivity index (χ0) is 14.0. The molecule has 1 aromatic carbocycles. The zero-order valence-electron chi connectivity index (χ0n) is 11.3. The summed E-state index contributed by atoms with van der Waals surface area (Å²) < 4.78 is 27.3. The van der Waals surface area contributed by atoms with Crippen molar-refractivity contribution >= 4 is 10.0 Å². The van der Waals surface area contributed by atoms with Gasteiger partial charge < -0.3 is 5.11 Å². The van der Waals surface area contributed by atoms with E-state index in [0.29, 0.717) is 11.8 Å². The molecular formula is C14H21NO3S. The van der Waals surface area contributed by atoms with E-state index in [1.54, 1.807) is 0 Å². The van der Waals surface area contributed by atoms with Gasteiger partial charge in [0, 0.05) is 6.04 Å². The van der Waals surface area contributed by atoms with Crippen LogP contribution in [-0.4, -0.2) is 19.6 Å². The van der Waals surface area contributed by atoms with Crippen molar-refractivity contribution in [3.8, 4) is 5.75 Å². The number of nitrogens with one attached hydrogen (secondary N) is 1. The third-order valence-corrected chi connectivity index (χ3v) is 5.39. The summed E-state index contributed by atoms with van der Waals surface area (Å²) in [6, 6.07) is 5.64. The lowest BCUT2D eigenvalue weighted by Gasteiger charge is -2.32. The van der Waals surface area contributed by atoms with E-state index in [4.69, 9.17) is 0 Å². The van der Waals surface area contributed by atoms with Crippen molar-refractivity contribution in [2.24, 2.45) is 11.8 Å². The van der Waals surface area contributed by atoms with Crippen LogP contribution in [0.15, 0.2) is 29.2 Å². The molecule has 0 bridgehead atoms. The van der Waals surface area contributed by atoms with Crippen LogP contribution in [0.3, 0.4) is 0 Å². The van der Waals surface area contributed by atoms with Gasteiger partial charge in [-0.2, -0.15) is 0 Å². The summed E-state index contributed by atoms with van der Waals surface area (Å²) in [4.78, 5) is 0.205. The Bertz CT molecular complexity index is 524. The number of phenolic OH excluding ortho intramolecular Hbond substituents is 1. The predicted molar refractivity (Wildman–Crippen MR) is 74.4 cm³/mol. The summed E-state index contributed by atoms with van der Waals surface area (Å²) in [7, 11) is -3.49. The molecule has 106 valence electrons. The largest absolute Gasteiger partial charge is 0.508 e. The molecule has 0 aromatic heterocycles. The number of hydrogen-bond donors (Lipinski definition) is 2. The highest BCUT2D eigenvalue weighted by molar-refractivity contribution is 7.89. The maximum Gasteiger partial charge on any atom is 0.240 e. The lowest BCUT2D eigenvalue weighted by Crippen LogP contribution is -2.42. The van der Waals surface area contributed by atoms with E-state index >= 15 is 0 Å². The molecule has 3 unspecified atom stereocenters. The molecule has 2 N–H and O–H groups in total. The lowest BCUT2D eigenvalue weighted by molar-refractivity contribution is 0.249. The second-order valence-corrected chi connectivity index (χ2v) is 7.33. The Morgan fingerprint density at radius 1 is 1.16 bits per heavy atom. The molecule has 2 rings (SSSR count). The molecule has 0 radical (unpaired) electrons. The Morgan fingerprint density at radius 2 is 1.79 bits per heavy atom. The molecule has 0 spiro atoms. The van der Waals surface area contributed by atoms with Gasteiger partial charge in [0.1, 0.15) is 5.75 Å². The third-order valence-electron chi connectivity index (χ3n) is 3.89. The first-order valence-corrected chi connectivity index (χ1v) is 8.18. The van der Waals surface area contributed by atoms with Crippen molar-refractivity contribution in [3.63, 3.8) is 0 Å². The number of benzene rings is 1. The molecular weight excluding hydrogens is 262 g/mol. The van der Waals surface area contributed by atoms with E-state index in [2.05, 4.69) is 18.6 Å². The van der Waals surface area contributed by atoms with E-state index in [-0.39, 0.29) is 16.7 Å². The van der Waals surface area contributed by atoms with E-state index in [0.717, 1.165) is 19.3 Å². The summed E-state index contributed by atoms with van der Waals surface area (Å²) in [6.07, 6.45) is 3.01. The first-order chi connectivity index (χ1) is 8.88. The van der Waals surface area contributed by atoms with Crippen LogP contribution in [0, 0.1) is 11.8 Å². The van der Waals surface area contributed by atoms with Crippen LogP contribution in [0.1, 0.15) is 33.1 Å². The van der Waals surface area contributed by atoms with Gasteiger partial charge in [0.15, 0.2) is 0 Å². The van der Waals surface area contributed by atoms with Crippen LogP contribution < -0.4 is 4.72 Å². The van der Waals surface area contributed by atoms with Gasteiger partial charge in [-0.1, -0.05) is 13.8 Å². The van der Waals surface area contributed by atoms with Crippen LogP contribution in [-0.2, 0) is 10.0 Å². The number of rotatable bonds is 3. The maximum absolute atomic E-state index is 12.2. The minimum Gasteiger partial charge on any atom is -0.508 e. The quantitative estimate of drug-likeness (QED) is 0.895. The van der Waals surface area contributed by atoms with Gasteiger partial charge in [-0.15, -0.1) is 0 Å². The summed E-state index contributed by atoms with van der Waals surface area (Å²) >= 11 is 0. The Morgan fingerprint density at radius 3 is 2.37 bits per heavy atom. The van der Waals surface area contributed by atoms with Crippen LogP contribution >= 0.6 is 0 Å². The van der Waals surface area contributed by atoms with E-state index in [1.807, 2.05) is 0 Å². The standard InChI is InChI=1S/C14H21NO3S/c1-10-3-8-14(11(2)9-10)15-19(17,18)13-6-4-12(16)5-7-13/h4-7,10-11,14-16H,3,8-9H2,1-2H3. The highest BCUT2D eigenvalue weighted by Crippen LogP contribution is 2.29. The van der Waals surface area contributed by atoms with Crippen molar-refractivity contribution in [3.05, 3.63) is 24.3 Å². The second kappa shape index (κ2) is 5.51. The van der Waals surface area contributed by atoms with Crippen molar-refractivity contribution in [2.45, 2.75) is 44.0 Å². The van der Waals surface area contributed by atoms with Gasteiger partial charge >= 0.3 is 0 Å². The molecule has 3 atom stereocenters. The fourth-order valence-corrected chi connectivity index (χ4v) is 4.11. The average Bonchev–Trinajstić information content (AvgIpc) is 2.33. The Balaban J connectivity index is 2.11. The molecule has 1 aliphatic carbocycles. The average molecular weight is 283 g/mol. The molecule has 0 saturated heterocycles. The van der Waals surface area contributed by atoms with Crippen molar-refractivity contribution in [1.29, 1.82) is 0 Å². The summed E-state index contributed by atoms with van der Waals surface area (Å²) in [5.74, 6) is 1.10. The van der Waals surface area contributed by atoms with E-state index in [9.17, 15) is 13.5 Å². The number of sulfonamides is 1. The van der Waals surface area contributed by atoms with Crippen molar-refractivity contribution in [1.82, 2.24) is 4.72 Å². The normalized spacial score (nSPS) is 28.2. The molecule has 0 aliphatic heterocycles. The fourth-order valence-electron chi connectivity index (χ4n) is 2.73. The highest BCUT2D eigenvalue weighted by atomic mass is 32.2. The van der Waals surface area contributed by atoms with Crippen LogP contribution in [0.4, 0.5) is 0 Å². The number of aromatic hydroxyl groups is 1. The van der Waals surface area contributed by atoms with E-state index < -0.39 is 10.0 Å². The lowest BCUT2D eigenvalue weighted by atomic mass is 9.80. The fraction of sp³-hybridized carbons (Fsp3) is 0.571. The second-order valence-electron chi connectivity index (χ2n) is 5.62.